The van der Waals surface area contributed by atoms with E-state index in [1.54, 1.807) is 18.2 Å². The molecule has 0 bridgehead atoms. The van der Waals surface area contributed by atoms with Gasteiger partial charge in [0.25, 0.3) is 0 Å². The molecule has 0 saturated carbocycles. The summed E-state index contributed by atoms with van der Waals surface area (Å²) in [5, 5.41) is 18.8. The summed E-state index contributed by atoms with van der Waals surface area (Å²) in [4.78, 5) is 23.5. The lowest BCUT2D eigenvalue weighted by molar-refractivity contribution is -0.136. The Kier molecular flexibility index (Phi) is 7.74. The van der Waals surface area contributed by atoms with Crippen molar-refractivity contribution < 1.29 is 23.8 Å². The first kappa shape index (κ1) is 26.7. The van der Waals surface area contributed by atoms with Crippen LogP contribution in [-0.2, 0) is 35.6 Å². The normalized spacial score (nSPS) is 21.0. The number of rotatable bonds is 9. The van der Waals surface area contributed by atoms with E-state index in [1.165, 1.54) is 17.8 Å². The third-order valence-electron chi connectivity index (χ3n) is 7.88. The number of thioether (sulfide) groups is 1. The number of ether oxygens (including phenoxy) is 2. The Labute approximate surface area is 235 Å². The number of carboxylic acids is 1. The van der Waals surface area contributed by atoms with Crippen LogP contribution in [0.5, 0.6) is 5.88 Å². The average Bonchev–Trinajstić information content (AvgIpc) is 3.49. The Bertz CT molecular complexity index is 1440. The van der Waals surface area contributed by atoms with Gasteiger partial charge in [-0.25, -0.2) is 14.4 Å². The molecule has 2 fully saturated rings. The van der Waals surface area contributed by atoms with Gasteiger partial charge in [-0.05, 0) is 50.6 Å². The van der Waals surface area contributed by atoms with E-state index < -0.39 is 17.0 Å². The molecule has 1 aromatic carbocycles. The van der Waals surface area contributed by atoms with Crippen LogP contribution in [0, 0.1) is 17.1 Å². The number of carbonyl (C=O) groups is 1. The summed E-state index contributed by atoms with van der Waals surface area (Å²) in [6.07, 6.45) is 3.58. The molecule has 0 radical (unpaired) electrons. The molecule has 40 heavy (non-hydrogen) atoms. The van der Waals surface area contributed by atoms with E-state index in [9.17, 15) is 14.3 Å². The topological polar surface area (TPSA) is 114 Å². The zero-order chi connectivity index (χ0) is 27.6. The lowest BCUT2D eigenvalue weighted by atomic mass is 9.93. The van der Waals surface area contributed by atoms with E-state index in [-0.39, 0.29) is 18.3 Å². The van der Waals surface area contributed by atoms with Crippen LogP contribution in [0.3, 0.4) is 0 Å². The highest BCUT2D eigenvalue weighted by Crippen LogP contribution is 2.38. The summed E-state index contributed by atoms with van der Waals surface area (Å²) in [6.45, 7) is 4.07. The van der Waals surface area contributed by atoms with Crippen LogP contribution in [-0.4, -0.2) is 61.6 Å². The minimum absolute atomic E-state index is 0.0421. The van der Waals surface area contributed by atoms with E-state index in [2.05, 4.69) is 9.47 Å². The first-order chi connectivity index (χ1) is 19.5. The maximum Gasteiger partial charge on any atom is 0.317 e. The summed E-state index contributed by atoms with van der Waals surface area (Å²) < 4.78 is 27.9. The second kappa shape index (κ2) is 11.6. The Morgan fingerprint density at radius 2 is 2.05 bits per heavy atom. The lowest BCUT2D eigenvalue weighted by Gasteiger charge is -2.32. The second-order valence-corrected chi connectivity index (χ2v) is 11.7. The molecule has 2 aromatic heterocycles. The molecule has 2 saturated heterocycles. The van der Waals surface area contributed by atoms with Crippen LogP contribution in [0.1, 0.15) is 53.5 Å². The minimum Gasteiger partial charge on any atom is -0.480 e. The van der Waals surface area contributed by atoms with Gasteiger partial charge >= 0.3 is 5.97 Å². The molecule has 6 rings (SSSR count). The smallest absolute Gasteiger partial charge is 0.317 e. The molecule has 1 N–H and O–H groups in total. The summed E-state index contributed by atoms with van der Waals surface area (Å²) in [5.74, 6) is 0.484. The van der Waals surface area contributed by atoms with Gasteiger partial charge in [-0.15, -0.1) is 0 Å². The zero-order valence-corrected chi connectivity index (χ0v) is 22.8. The van der Waals surface area contributed by atoms with Crippen LogP contribution in [0.15, 0.2) is 41.4 Å². The second-order valence-electron chi connectivity index (χ2n) is 10.5. The first-order valence-electron chi connectivity index (χ1n) is 13.6. The van der Waals surface area contributed by atoms with E-state index in [0.29, 0.717) is 23.8 Å². The van der Waals surface area contributed by atoms with Crippen LogP contribution in [0.2, 0.25) is 0 Å². The molecule has 5 heterocycles. The number of piperidine rings is 1. The Morgan fingerprint density at radius 3 is 2.75 bits per heavy atom. The number of hydrogen-bond donors (Lipinski definition) is 1. The Morgan fingerprint density at radius 1 is 1.23 bits per heavy atom. The zero-order valence-electron chi connectivity index (χ0n) is 22.0. The van der Waals surface area contributed by atoms with Crippen molar-refractivity contribution in [2.75, 3.05) is 19.7 Å². The Hall–Kier alpha value is -3.46. The number of nitriles is 1. The van der Waals surface area contributed by atoms with Gasteiger partial charge < -0.3 is 19.1 Å². The fourth-order valence-electron chi connectivity index (χ4n) is 5.47. The minimum atomic E-state index is -0.789. The van der Waals surface area contributed by atoms with E-state index in [1.807, 2.05) is 18.2 Å². The largest absolute Gasteiger partial charge is 0.480 e. The van der Waals surface area contributed by atoms with Crippen LogP contribution in [0.4, 0.5) is 4.39 Å². The van der Waals surface area contributed by atoms with Gasteiger partial charge in [0.2, 0.25) is 5.88 Å². The number of benzene rings is 1. The molecule has 0 spiro atoms. The highest BCUT2D eigenvalue weighted by atomic mass is 32.2. The number of aliphatic carboxylic acids is 1. The number of likely N-dealkylation sites (tertiary alicyclic amines) is 1. The van der Waals surface area contributed by atoms with Crippen molar-refractivity contribution in [2.45, 2.75) is 67.7 Å². The number of pyridine rings is 1. The predicted octanol–water partition coefficient (Wildman–Crippen LogP) is 4.14. The fourth-order valence-corrected chi connectivity index (χ4v) is 6.57. The quantitative estimate of drug-likeness (QED) is 0.410. The molecule has 3 aromatic rings. The van der Waals surface area contributed by atoms with Crippen LogP contribution in [0.25, 0.3) is 0 Å². The van der Waals surface area contributed by atoms with Gasteiger partial charge in [-0.2, -0.15) is 5.26 Å². The standard InChI is InChI=1S/C29H30FN5O4S/c30-22-12-18(14-31)4-5-20(22)17-39-27-3-1-2-23(32-27)19-6-9-34(10-7-19)16-26-33-28-24(13-25(40-28)29(36)37)35(26)15-21-8-11-38-21/h1-5,12,19,21,25H,6-11,13,15-17H2,(H,36,37). The number of carboxylic acid groups (broad SMARTS) is 1. The number of aromatic nitrogens is 3. The Balaban J connectivity index is 1.06. The first-order valence-corrected chi connectivity index (χ1v) is 14.4. The van der Waals surface area contributed by atoms with Crippen LogP contribution < -0.4 is 4.74 Å². The summed E-state index contributed by atoms with van der Waals surface area (Å²) in [6, 6.07) is 12.0. The molecular formula is C29H30FN5O4S. The van der Waals surface area contributed by atoms with E-state index >= 15 is 0 Å². The van der Waals surface area contributed by atoms with Crippen molar-refractivity contribution in [3.8, 4) is 11.9 Å². The molecule has 2 unspecified atom stereocenters. The van der Waals surface area contributed by atoms with Crippen LogP contribution >= 0.6 is 11.8 Å². The maximum atomic E-state index is 14.2. The number of hydrogen-bond acceptors (Lipinski definition) is 8. The van der Waals surface area contributed by atoms with Gasteiger partial charge in [0, 0.05) is 36.3 Å². The van der Waals surface area contributed by atoms with Crippen molar-refractivity contribution in [1.82, 2.24) is 19.4 Å². The monoisotopic (exact) mass is 563 g/mol. The number of imidazole rings is 1. The summed E-state index contributed by atoms with van der Waals surface area (Å²) >= 11 is 1.35. The fraction of sp³-hybridized carbons (Fsp3) is 0.448. The average molecular weight is 564 g/mol. The number of fused-ring (bicyclic) bond motifs is 1. The van der Waals surface area contributed by atoms with Crippen molar-refractivity contribution in [1.29, 1.82) is 5.26 Å². The highest BCUT2D eigenvalue weighted by molar-refractivity contribution is 8.00. The lowest BCUT2D eigenvalue weighted by Crippen LogP contribution is -2.36. The molecule has 0 amide bonds. The third-order valence-corrected chi connectivity index (χ3v) is 9.08. The van der Waals surface area contributed by atoms with E-state index in [0.717, 1.165) is 74.3 Å². The number of halogens is 1. The van der Waals surface area contributed by atoms with Gasteiger partial charge in [0.05, 0.1) is 36.5 Å². The van der Waals surface area contributed by atoms with Crippen molar-refractivity contribution in [2.24, 2.45) is 0 Å². The SMILES string of the molecule is N#Cc1ccc(COc2cccc(C3CCN(Cc4nc5c(n4CC4CCO4)CC(C(=O)O)S5)CC3)n2)c(F)c1. The molecule has 0 aliphatic carbocycles. The third kappa shape index (κ3) is 5.70. The molecule has 2 atom stereocenters. The number of nitrogens with zero attached hydrogens (tertiary/aromatic N) is 5. The molecule has 208 valence electrons. The van der Waals surface area contributed by atoms with Crippen molar-refractivity contribution in [3.63, 3.8) is 0 Å². The van der Waals surface area contributed by atoms with E-state index in [4.69, 9.17) is 24.7 Å². The van der Waals surface area contributed by atoms with Gasteiger partial charge in [0.1, 0.15) is 28.5 Å². The van der Waals surface area contributed by atoms with Gasteiger partial charge in [-0.3, -0.25) is 9.69 Å². The molecule has 3 aliphatic rings. The highest BCUT2D eigenvalue weighted by Gasteiger charge is 2.35. The maximum absolute atomic E-state index is 14.2. The molecule has 9 nitrogen and oxygen atoms in total. The van der Waals surface area contributed by atoms with Gasteiger partial charge in [-0.1, -0.05) is 23.9 Å². The summed E-state index contributed by atoms with van der Waals surface area (Å²) in [7, 11) is 0. The van der Waals surface area contributed by atoms with Crippen molar-refractivity contribution in [3.05, 3.63) is 70.6 Å². The molecule has 11 heteroatoms. The summed E-state index contributed by atoms with van der Waals surface area (Å²) in [5.41, 5.74) is 2.65. The van der Waals surface area contributed by atoms with Crippen molar-refractivity contribution >= 4 is 17.7 Å². The predicted molar refractivity (Wildman–Crippen MR) is 145 cm³/mol. The molecular weight excluding hydrogens is 533 g/mol. The molecule has 3 aliphatic heterocycles. The van der Waals surface area contributed by atoms with Gasteiger partial charge in [0.15, 0.2) is 0 Å².